The molecular weight excluding hydrogens is 390 g/mol. The highest BCUT2D eigenvalue weighted by Gasteiger charge is 2.54. The van der Waals surface area contributed by atoms with E-state index < -0.39 is 9.84 Å². The van der Waals surface area contributed by atoms with E-state index in [9.17, 15) is 13.2 Å². The summed E-state index contributed by atoms with van der Waals surface area (Å²) in [6, 6.07) is 6.45. The van der Waals surface area contributed by atoms with Gasteiger partial charge < -0.3 is 4.42 Å². The predicted octanol–water partition coefficient (Wildman–Crippen LogP) is 3.69. The number of anilines is 1. The molecule has 6 rings (SSSR count). The lowest BCUT2D eigenvalue weighted by Gasteiger charge is -2.55. The number of aromatic nitrogens is 2. The SMILES string of the molecule is CCS(=O)(=O)c1ccc(-c2nnc(NC(=O)C34CC5CC(CC(C5)C3)C4)o2)cc1. The van der Waals surface area contributed by atoms with Crippen LogP contribution >= 0.6 is 0 Å². The Kier molecular flexibility index (Phi) is 4.31. The summed E-state index contributed by atoms with van der Waals surface area (Å²) in [4.78, 5) is 13.4. The molecule has 1 aromatic carbocycles. The lowest BCUT2D eigenvalue weighted by Crippen LogP contribution is -2.51. The van der Waals surface area contributed by atoms with E-state index in [-0.39, 0.29) is 33.9 Å². The van der Waals surface area contributed by atoms with Crippen molar-refractivity contribution < 1.29 is 17.6 Å². The van der Waals surface area contributed by atoms with Crippen LogP contribution in [0.15, 0.2) is 33.6 Å². The second-order valence-corrected chi connectivity index (χ2v) is 11.3. The second-order valence-electron chi connectivity index (χ2n) is 8.99. The molecule has 4 fully saturated rings. The molecule has 29 heavy (non-hydrogen) atoms. The van der Waals surface area contributed by atoms with Crippen molar-refractivity contribution in [2.45, 2.75) is 50.3 Å². The third kappa shape index (κ3) is 3.27. The van der Waals surface area contributed by atoms with Crippen LogP contribution in [0.3, 0.4) is 0 Å². The third-order valence-corrected chi connectivity index (χ3v) is 8.76. The van der Waals surface area contributed by atoms with Gasteiger partial charge in [0, 0.05) is 5.56 Å². The molecule has 1 amide bonds. The van der Waals surface area contributed by atoms with Crippen LogP contribution in [-0.4, -0.2) is 30.3 Å². The van der Waals surface area contributed by atoms with Crippen molar-refractivity contribution in [3.8, 4) is 11.5 Å². The minimum Gasteiger partial charge on any atom is -0.403 e. The van der Waals surface area contributed by atoms with Gasteiger partial charge in [-0.15, -0.1) is 5.10 Å². The van der Waals surface area contributed by atoms with Crippen LogP contribution in [0, 0.1) is 23.2 Å². The fourth-order valence-electron chi connectivity index (χ4n) is 5.98. The number of carbonyl (C=O) groups is 1. The fourth-order valence-corrected chi connectivity index (χ4v) is 6.86. The molecule has 154 valence electrons. The average molecular weight is 416 g/mol. The van der Waals surface area contributed by atoms with Gasteiger partial charge in [-0.2, -0.15) is 0 Å². The first-order chi connectivity index (χ1) is 13.9. The molecule has 1 aromatic heterocycles. The number of carbonyl (C=O) groups excluding carboxylic acids is 1. The number of sulfone groups is 1. The maximum atomic E-state index is 13.1. The Labute approximate surface area is 170 Å². The van der Waals surface area contributed by atoms with Crippen molar-refractivity contribution >= 4 is 21.8 Å². The summed E-state index contributed by atoms with van der Waals surface area (Å²) >= 11 is 0. The van der Waals surface area contributed by atoms with Gasteiger partial charge in [-0.25, -0.2) is 8.42 Å². The van der Waals surface area contributed by atoms with Gasteiger partial charge in [0.2, 0.25) is 11.8 Å². The smallest absolute Gasteiger partial charge is 0.322 e. The Morgan fingerprint density at radius 1 is 1.07 bits per heavy atom. The number of nitrogens with zero attached hydrogens (tertiary/aromatic N) is 2. The fraction of sp³-hybridized carbons (Fsp3) is 0.571. The van der Waals surface area contributed by atoms with E-state index >= 15 is 0 Å². The summed E-state index contributed by atoms with van der Waals surface area (Å²) in [6.45, 7) is 1.61. The summed E-state index contributed by atoms with van der Waals surface area (Å²) in [5.41, 5.74) is 0.336. The zero-order valence-corrected chi connectivity index (χ0v) is 17.2. The van der Waals surface area contributed by atoms with Gasteiger partial charge in [-0.05, 0) is 80.5 Å². The molecule has 1 N–H and O–H groups in total. The summed E-state index contributed by atoms with van der Waals surface area (Å²) in [7, 11) is -3.25. The average Bonchev–Trinajstić information content (AvgIpc) is 3.15. The Bertz CT molecular complexity index is 1010. The van der Waals surface area contributed by atoms with Crippen LogP contribution in [-0.2, 0) is 14.6 Å². The Morgan fingerprint density at radius 2 is 1.66 bits per heavy atom. The van der Waals surface area contributed by atoms with E-state index in [0.717, 1.165) is 19.3 Å². The first-order valence-electron chi connectivity index (χ1n) is 10.3. The maximum Gasteiger partial charge on any atom is 0.322 e. The molecule has 4 aliphatic rings. The Hall–Kier alpha value is -2.22. The third-order valence-electron chi connectivity index (χ3n) is 7.01. The molecule has 4 saturated carbocycles. The standard InChI is InChI=1S/C21H25N3O4S/c1-2-29(26,27)17-5-3-16(4-6-17)18-23-24-20(28-18)22-19(25)21-10-13-7-14(11-21)9-15(8-13)12-21/h3-6,13-15H,2,7-12H2,1H3,(H,22,24,25). The highest BCUT2D eigenvalue weighted by molar-refractivity contribution is 7.91. The van der Waals surface area contributed by atoms with Crippen LogP contribution in [0.25, 0.3) is 11.5 Å². The predicted molar refractivity (Wildman–Crippen MR) is 107 cm³/mol. The Balaban J connectivity index is 1.31. The van der Waals surface area contributed by atoms with Crippen molar-refractivity contribution in [3.63, 3.8) is 0 Å². The Morgan fingerprint density at radius 3 is 2.21 bits per heavy atom. The number of nitrogens with one attached hydrogen (secondary N) is 1. The maximum absolute atomic E-state index is 13.1. The molecule has 0 radical (unpaired) electrons. The van der Waals surface area contributed by atoms with E-state index in [0.29, 0.717) is 23.3 Å². The molecule has 0 aliphatic heterocycles. The van der Waals surface area contributed by atoms with Crippen LogP contribution in [0.2, 0.25) is 0 Å². The molecule has 0 saturated heterocycles. The molecule has 7 nitrogen and oxygen atoms in total. The molecule has 0 atom stereocenters. The molecular formula is C21H25N3O4S. The van der Waals surface area contributed by atoms with Crippen molar-refractivity contribution in [3.05, 3.63) is 24.3 Å². The van der Waals surface area contributed by atoms with Crippen molar-refractivity contribution in [2.24, 2.45) is 23.2 Å². The van der Waals surface area contributed by atoms with Gasteiger partial charge in [0.1, 0.15) is 0 Å². The minimum atomic E-state index is -3.25. The molecule has 1 heterocycles. The van der Waals surface area contributed by atoms with Gasteiger partial charge in [0.15, 0.2) is 9.84 Å². The van der Waals surface area contributed by atoms with Crippen molar-refractivity contribution in [2.75, 3.05) is 11.1 Å². The molecule has 2 aromatic rings. The van der Waals surface area contributed by atoms with E-state index in [1.54, 1.807) is 19.1 Å². The quantitative estimate of drug-likeness (QED) is 0.799. The number of amides is 1. The first-order valence-corrected chi connectivity index (χ1v) is 12.0. The minimum absolute atomic E-state index is 0.0104. The van der Waals surface area contributed by atoms with Crippen LogP contribution < -0.4 is 5.32 Å². The summed E-state index contributed by atoms with van der Waals surface area (Å²) in [6.07, 6.45) is 6.75. The lowest BCUT2D eigenvalue weighted by molar-refractivity contribution is -0.140. The van der Waals surface area contributed by atoms with E-state index in [1.807, 2.05) is 0 Å². The molecule has 0 unspecified atom stereocenters. The van der Waals surface area contributed by atoms with Gasteiger partial charge in [-0.3, -0.25) is 10.1 Å². The van der Waals surface area contributed by atoms with Gasteiger partial charge in [0.05, 0.1) is 16.1 Å². The number of hydrogen-bond donors (Lipinski definition) is 1. The van der Waals surface area contributed by atoms with E-state index in [4.69, 9.17) is 4.42 Å². The first kappa shape index (κ1) is 18.8. The number of rotatable bonds is 5. The van der Waals surface area contributed by atoms with Crippen molar-refractivity contribution in [1.82, 2.24) is 10.2 Å². The van der Waals surface area contributed by atoms with Crippen LogP contribution in [0.1, 0.15) is 45.4 Å². The zero-order chi connectivity index (χ0) is 20.2. The topological polar surface area (TPSA) is 102 Å². The summed E-state index contributed by atoms with van der Waals surface area (Å²) < 4.78 is 29.5. The number of benzene rings is 1. The van der Waals surface area contributed by atoms with Gasteiger partial charge >= 0.3 is 6.01 Å². The summed E-state index contributed by atoms with van der Waals surface area (Å²) in [5, 5.41) is 10.9. The largest absolute Gasteiger partial charge is 0.403 e. The van der Waals surface area contributed by atoms with Crippen molar-refractivity contribution in [1.29, 1.82) is 0 Å². The summed E-state index contributed by atoms with van der Waals surface area (Å²) in [5.74, 6) is 2.37. The highest BCUT2D eigenvalue weighted by atomic mass is 32.2. The molecule has 4 bridgehead atoms. The van der Waals surface area contributed by atoms with E-state index in [2.05, 4.69) is 15.5 Å². The zero-order valence-electron chi connectivity index (χ0n) is 16.4. The van der Waals surface area contributed by atoms with Crippen LogP contribution in [0.4, 0.5) is 6.01 Å². The van der Waals surface area contributed by atoms with Gasteiger partial charge in [0.25, 0.3) is 0 Å². The molecule has 8 heteroatoms. The van der Waals surface area contributed by atoms with E-state index in [1.165, 1.54) is 31.4 Å². The van der Waals surface area contributed by atoms with Crippen LogP contribution in [0.5, 0.6) is 0 Å². The molecule has 0 spiro atoms. The monoisotopic (exact) mass is 415 g/mol. The second kappa shape index (κ2) is 6.65. The highest BCUT2D eigenvalue weighted by Crippen LogP contribution is 2.60. The normalized spacial score (nSPS) is 30.4. The number of hydrogen-bond acceptors (Lipinski definition) is 6. The molecule has 4 aliphatic carbocycles. The van der Waals surface area contributed by atoms with Gasteiger partial charge in [-0.1, -0.05) is 12.0 Å². The lowest BCUT2D eigenvalue weighted by atomic mass is 9.49.